The molecule has 1 saturated heterocycles. The molecule has 0 aromatic carbocycles. The molecular formula is C15H24N2O3S. The molecule has 21 heavy (non-hydrogen) atoms. The van der Waals surface area contributed by atoms with Gasteiger partial charge in [0, 0.05) is 50.4 Å². The Hall–Kier alpha value is -1.11. The van der Waals surface area contributed by atoms with Crippen molar-refractivity contribution in [2.75, 3.05) is 33.4 Å². The number of carbonyl (C=O) groups excluding carboxylic acids is 1. The molecule has 0 bridgehead atoms. The Balaban J connectivity index is 1.77. The van der Waals surface area contributed by atoms with E-state index < -0.39 is 5.60 Å². The van der Waals surface area contributed by atoms with Crippen LogP contribution in [0.4, 0.5) is 4.79 Å². The normalized spacial score (nSPS) is 19.0. The molecule has 2 rings (SSSR count). The first-order valence-electron chi connectivity index (χ1n) is 7.33. The van der Waals surface area contributed by atoms with Gasteiger partial charge in [-0.3, -0.25) is 0 Å². The van der Waals surface area contributed by atoms with E-state index in [4.69, 9.17) is 4.74 Å². The van der Waals surface area contributed by atoms with Gasteiger partial charge in [-0.1, -0.05) is 13.0 Å². The van der Waals surface area contributed by atoms with E-state index in [0.717, 1.165) is 0 Å². The lowest BCUT2D eigenvalue weighted by atomic mass is 9.94. The molecule has 6 heteroatoms. The van der Waals surface area contributed by atoms with E-state index in [1.54, 1.807) is 23.3 Å². The molecule has 0 aliphatic carbocycles. The van der Waals surface area contributed by atoms with Gasteiger partial charge in [-0.05, 0) is 11.4 Å². The molecule has 0 radical (unpaired) electrons. The largest absolute Gasteiger partial charge is 0.388 e. The maximum Gasteiger partial charge on any atom is 0.317 e. The maximum absolute atomic E-state index is 12.1. The Morgan fingerprint density at radius 2 is 2.29 bits per heavy atom. The van der Waals surface area contributed by atoms with E-state index >= 15 is 0 Å². The first kappa shape index (κ1) is 16.3. The number of aliphatic hydroxyl groups is 1. The van der Waals surface area contributed by atoms with E-state index in [9.17, 15) is 9.90 Å². The molecule has 1 aromatic rings. The summed E-state index contributed by atoms with van der Waals surface area (Å²) >= 11 is 1.70. The van der Waals surface area contributed by atoms with Crippen molar-refractivity contribution in [1.82, 2.24) is 10.2 Å². The van der Waals surface area contributed by atoms with Gasteiger partial charge in [-0.25, -0.2) is 4.79 Å². The van der Waals surface area contributed by atoms with Crippen LogP contribution in [0.15, 0.2) is 17.5 Å². The highest BCUT2D eigenvalue weighted by Gasteiger charge is 2.32. The number of thiophene rings is 1. The van der Waals surface area contributed by atoms with Crippen molar-refractivity contribution in [3.05, 3.63) is 22.4 Å². The number of ether oxygens (including phenoxy) is 1. The van der Waals surface area contributed by atoms with Crippen LogP contribution < -0.4 is 5.32 Å². The molecule has 1 aliphatic heterocycles. The van der Waals surface area contributed by atoms with Crippen LogP contribution in [0.5, 0.6) is 0 Å². The van der Waals surface area contributed by atoms with E-state index in [1.807, 2.05) is 11.4 Å². The quantitative estimate of drug-likeness (QED) is 0.874. The molecular weight excluding hydrogens is 288 g/mol. The van der Waals surface area contributed by atoms with Gasteiger partial charge in [0.2, 0.25) is 0 Å². The molecule has 2 amide bonds. The third-order valence-electron chi connectivity index (χ3n) is 3.89. The van der Waals surface area contributed by atoms with Gasteiger partial charge in [0.15, 0.2) is 0 Å². The van der Waals surface area contributed by atoms with Crippen molar-refractivity contribution in [2.24, 2.45) is 0 Å². The molecule has 2 N–H and O–H groups in total. The fraction of sp³-hybridized carbons (Fsp3) is 0.667. The summed E-state index contributed by atoms with van der Waals surface area (Å²) in [5.74, 6) is 0.300. The number of hydrogen-bond acceptors (Lipinski definition) is 4. The van der Waals surface area contributed by atoms with Crippen LogP contribution in [0.3, 0.4) is 0 Å². The van der Waals surface area contributed by atoms with Crippen molar-refractivity contribution in [3.63, 3.8) is 0 Å². The minimum absolute atomic E-state index is 0.140. The van der Waals surface area contributed by atoms with Crippen molar-refractivity contribution >= 4 is 17.4 Å². The third kappa shape index (κ3) is 4.69. The van der Waals surface area contributed by atoms with Crippen LogP contribution >= 0.6 is 11.3 Å². The van der Waals surface area contributed by atoms with Gasteiger partial charge in [-0.2, -0.15) is 0 Å². The Morgan fingerprint density at radius 1 is 1.57 bits per heavy atom. The summed E-state index contributed by atoms with van der Waals surface area (Å²) in [5.41, 5.74) is -0.816. The Morgan fingerprint density at radius 3 is 2.90 bits per heavy atom. The standard InChI is InChI=1S/C15H24N2O3S/c1-12(13-4-3-9-21-13)10-16-14(18)17(2)11-15(19)5-7-20-8-6-15/h3-4,9,12,19H,5-8,10-11H2,1-2H3,(H,16,18)/t12-/m0/s1. The number of urea groups is 1. The van der Waals surface area contributed by atoms with Gasteiger partial charge in [0.1, 0.15) is 0 Å². The minimum atomic E-state index is -0.816. The second-order valence-electron chi connectivity index (χ2n) is 5.80. The van der Waals surface area contributed by atoms with Gasteiger partial charge in [0.05, 0.1) is 12.1 Å². The van der Waals surface area contributed by atoms with Crippen LogP contribution in [-0.2, 0) is 4.74 Å². The van der Waals surface area contributed by atoms with Gasteiger partial charge < -0.3 is 20.1 Å². The van der Waals surface area contributed by atoms with Crippen LogP contribution in [0, 0.1) is 0 Å². The monoisotopic (exact) mass is 312 g/mol. The first-order chi connectivity index (χ1) is 10.0. The molecule has 0 unspecified atom stereocenters. The van der Waals surface area contributed by atoms with E-state index in [0.29, 0.717) is 45.1 Å². The van der Waals surface area contributed by atoms with Gasteiger partial charge >= 0.3 is 6.03 Å². The predicted octanol–water partition coefficient (Wildman–Crippen LogP) is 2.03. The van der Waals surface area contributed by atoms with Crippen LogP contribution in [0.25, 0.3) is 0 Å². The SMILES string of the molecule is C[C@@H](CNC(=O)N(C)CC1(O)CCOCC1)c1cccs1. The molecule has 0 spiro atoms. The average molecular weight is 312 g/mol. The van der Waals surface area contributed by atoms with E-state index in [1.165, 1.54) is 4.88 Å². The summed E-state index contributed by atoms with van der Waals surface area (Å²) in [4.78, 5) is 14.9. The molecule has 1 fully saturated rings. The highest BCUT2D eigenvalue weighted by molar-refractivity contribution is 7.10. The number of likely N-dealkylation sites (N-methyl/N-ethyl adjacent to an activating group) is 1. The number of nitrogens with zero attached hydrogens (tertiary/aromatic N) is 1. The lowest BCUT2D eigenvalue weighted by Gasteiger charge is -2.35. The fourth-order valence-electron chi connectivity index (χ4n) is 2.47. The van der Waals surface area contributed by atoms with Crippen LogP contribution in [0.2, 0.25) is 0 Å². The lowest BCUT2D eigenvalue weighted by molar-refractivity contribution is -0.0722. The Labute approximate surface area is 129 Å². The minimum Gasteiger partial charge on any atom is -0.388 e. The number of amides is 2. The fourth-order valence-corrected chi connectivity index (χ4v) is 3.26. The highest BCUT2D eigenvalue weighted by atomic mass is 32.1. The smallest absolute Gasteiger partial charge is 0.317 e. The Bertz CT molecular complexity index is 444. The molecule has 2 heterocycles. The van der Waals surface area contributed by atoms with Gasteiger partial charge in [0.25, 0.3) is 0 Å². The highest BCUT2D eigenvalue weighted by Crippen LogP contribution is 2.22. The number of rotatable bonds is 5. The van der Waals surface area contributed by atoms with E-state index in [2.05, 4.69) is 18.3 Å². The zero-order valence-corrected chi connectivity index (χ0v) is 13.5. The van der Waals surface area contributed by atoms with Gasteiger partial charge in [-0.15, -0.1) is 11.3 Å². The average Bonchev–Trinajstić information content (AvgIpc) is 2.98. The molecule has 0 saturated carbocycles. The second kappa shape index (κ2) is 7.24. The van der Waals surface area contributed by atoms with Crippen molar-refractivity contribution in [3.8, 4) is 0 Å². The summed E-state index contributed by atoms with van der Waals surface area (Å²) in [6, 6.07) is 3.96. The second-order valence-corrected chi connectivity index (χ2v) is 6.77. The third-order valence-corrected chi connectivity index (χ3v) is 4.99. The predicted molar refractivity (Wildman–Crippen MR) is 83.8 cm³/mol. The summed E-state index contributed by atoms with van der Waals surface area (Å²) in [7, 11) is 1.72. The molecule has 1 atom stereocenters. The number of nitrogens with one attached hydrogen (secondary N) is 1. The molecule has 5 nitrogen and oxygen atoms in total. The van der Waals surface area contributed by atoms with Crippen molar-refractivity contribution in [2.45, 2.75) is 31.3 Å². The molecule has 1 aromatic heterocycles. The molecule has 1 aliphatic rings. The van der Waals surface area contributed by atoms with E-state index in [-0.39, 0.29) is 6.03 Å². The zero-order chi connectivity index (χ0) is 15.3. The van der Waals surface area contributed by atoms with Crippen molar-refractivity contribution in [1.29, 1.82) is 0 Å². The summed E-state index contributed by atoms with van der Waals surface area (Å²) in [6.45, 7) is 4.15. The first-order valence-corrected chi connectivity index (χ1v) is 8.21. The molecule has 118 valence electrons. The summed E-state index contributed by atoms with van der Waals surface area (Å²) in [5, 5.41) is 15.4. The number of carbonyl (C=O) groups is 1. The van der Waals surface area contributed by atoms with Crippen molar-refractivity contribution < 1.29 is 14.6 Å². The lowest BCUT2D eigenvalue weighted by Crippen LogP contribution is -2.50. The summed E-state index contributed by atoms with van der Waals surface area (Å²) < 4.78 is 5.25. The topological polar surface area (TPSA) is 61.8 Å². The number of hydrogen-bond donors (Lipinski definition) is 2. The summed E-state index contributed by atoms with van der Waals surface area (Å²) in [6.07, 6.45) is 1.16. The zero-order valence-electron chi connectivity index (χ0n) is 12.7. The maximum atomic E-state index is 12.1. The Kier molecular flexibility index (Phi) is 5.61. The van der Waals surface area contributed by atoms with Crippen LogP contribution in [-0.4, -0.2) is 55.0 Å². The van der Waals surface area contributed by atoms with Crippen LogP contribution in [0.1, 0.15) is 30.6 Å².